The average molecular weight is 281 g/mol. The van der Waals surface area contributed by atoms with Gasteiger partial charge in [0.15, 0.2) is 11.5 Å². The molecule has 0 spiro atoms. The molecule has 2 N–H and O–H groups in total. The molecule has 1 aromatic carbocycles. The Labute approximate surface area is 117 Å². The number of rotatable bonds is 4. The quantitative estimate of drug-likeness (QED) is 0.858. The second-order valence-corrected chi connectivity index (χ2v) is 4.57. The van der Waals surface area contributed by atoms with Crippen LogP contribution in [0.25, 0.3) is 0 Å². The molecule has 1 aliphatic rings. The van der Waals surface area contributed by atoms with E-state index in [9.17, 15) is 9.90 Å². The Bertz CT molecular complexity index is 477. The van der Waals surface area contributed by atoms with Crippen molar-refractivity contribution in [2.45, 2.75) is 18.6 Å². The summed E-state index contributed by atoms with van der Waals surface area (Å²) in [5.41, 5.74) is 0.186. The zero-order valence-electron chi connectivity index (χ0n) is 11.6. The largest absolute Gasteiger partial charge is 0.504 e. The molecule has 0 bridgehead atoms. The normalized spacial score (nSPS) is 22.3. The number of phenols is 1. The molecule has 6 nitrogen and oxygen atoms in total. The molecule has 1 aliphatic heterocycles. The van der Waals surface area contributed by atoms with Gasteiger partial charge in [-0.3, -0.25) is 4.79 Å². The lowest BCUT2D eigenvalue weighted by Crippen LogP contribution is -2.49. The summed E-state index contributed by atoms with van der Waals surface area (Å²) in [4.78, 5) is 12.2. The third kappa shape index (κ3) is 3.02. The number of carbonyl (C=O) groups excluding carboxylic acids is 1. The van der Waals surface area contributed by atoms with Gasteiger partial charge in [0, 0.05) is 13.7 Å². The number of methoxy groups -OCH3 is 2. The first-order chi connectivity index (χ1) is 9.67. The molecule has 110 valence electrons. The van der Waals surface area contributed by atoms with Crippen molar-refractivity contribution in [3.05, 3.63) is 23.8 Å². The fourth-order valence-electron chi connectivity index (χ4n) is 2.23. The molecule has 2 atom stereocenters. The number of ether oxygens (including phenoxy) is 3. The van der Waals surface area contributed by atoms with Crippen LogP contribution in [0.15, 0.2) is 18.2 Å². The first-order valence-corrected chi connectivity index (χ1v) is 6.44. The van der Waals surface area contributed by atoms with Crippen LogP contribution in [0.5, 0.6) is 11.5 Å². The molecular formula is C14H19NO5. The van der Waals surface area contributed by atoms with Gasteiger partial charge >= 0.3 is 0 Å². The number of hydrogen-bond acceptors (Lipinski definition) is 5. The summed E-state index contributed by atoms with van der Waals surface area (Å²) in [6.07, 6.45) is 0.495. The highest BCUT2D eigenvalue weighted by atomic mass is 16.5. The minimum absolute atomic E-state index is 0.133. The van der Waals surface area contributed by atoms with E-state index in [-0.39, 0.29) is 35.1 Å². The van der Waals surface area contributed by atoms with Crippen molar-refractivity contribution in [2.75, 3.05) is 27.4 Å². The van der Waals surface area contributed by atoms with E-state index >= 15 is 0 Å². The van der Waals surface area contributed by atoms with Gasteiger partial charge in [-0.15, -0.1) is 0 Å². The summed E-state index contributed by atoms with van der Waals surface area (Å²) in [7, 11) is 3.03. The molecule has 2 rings (SSSR count). The fraction of sp³-hybridized carbons (Fsp3) is 0.500. The number of benzene rings is 1. The molecule has 1 fully saturated rings. The van der Waals surface area contributed by atoms with E-state index < -0.39 is 0 Å². The highest BCUT2D eigenvalue weighted by Crippen LogP contribution is 2.29. The molecule has 6 heteroatoms. The van der Waals surface area contributed by atoms with Crippen LogP contribution in [0.1, 0.15) is 16.8 Å². The third-order valence-electron chi connectivity index (χ3n) is 3.39. The molecule has 1 saturated heterocycles. The number of nitrogens with one attached hydrogen (secondary N) is 1. The van der Waals surface area contributed by atoms with Gasteiger partial charge in [-0.1, -0.05) is 6.07 Å². The standard InChI is InChI=1S/C14H19NO5/c1-18-11-5-3-4-9(13(11)16)14(17)15-10-6-7-20-8-12(10)19-2/h3-5,10,12,16H,6-8H2,1-2H3,(H,15,17)/t10-,12-/m1/s1. The second-order valence-electron chi connectivity index (χ2n) is 4.57. The number of para-hydroxylation sites is 1. The number of aromatic hydroxyl groups is 1. The van der Waals surface area contributed by atoms with Crippen LogP contribution in [-0.4, -0.2) is 50.6 Å². The maximum Gasteiger partial charge on any atom is 0.255 e. The summed E-state index contributed by atoms with van der Waals surface area (Å²) in [5.74, 6) is -0.239. The van der Waals surface area contributed by atoms with Crippen molar-refractivity contribution < 1.29 is 24.1 Å². The van der Waals surface area contributed by atoms with Gasteiger partial charge in [0.1, 0.15) is 6.10 Å². The first kappa shape index (κ1) is 14.6. The molecule has 0 radical (unpaired) electrons. The lowest BCUT2D eigenvalue weighted by atomic mass is 10.0. The topological polar surface area (TPSA) is 77.0 Å². The number of amides is 1. The smallest absolute Gasteiger partial charge is 0.255 e. The molecule has 1 aromatic rings. The van der Waals surface area contributed by atoms with Gasteiger partial charge < -0.3 is 24.6 Å². The molecule has 0 unspecified atom stereocenters. The van der Waals surface area contributed by atoms with E-state index in [4.69, 9.17) is 14.2 Å². The van der Waals surface area contributed by atoms with Gasteiger partial charge in [0.2, 0.25) is 0 Å². The van der Waals surface area contributed by atoms with Gasteiger partial charge in [-0.05, 0) is 18.6 Å². The van der Waals surface area contributed by atoms with E-state index in [2.05, 4.69) is 5.32 Å². The molecule has 20 heavy (non-hydrogen) atoms. The van der Waals surface area contributed by atoms with Crippen LogP contribution < -0.4 is 10.1 Å². The van der Waals surface area contributed by atoms with Crippen molar-refractivity contribution in [1.82, 2.24) is 5.32 Å². The van der Waals surface area contributed by atoms with E-state index in [0.29, 0.717) is 19.6 Å². The average Bonchev–Trinajstić information content (AvgIpc) is 2.48. The summed E-state index contributed by atoms with van der Waals surface area (Å²) in [6.45, 7) is 1.03. The monoisotopic (exact) mass is 281 g/mol. The highest BCUT2D eigenvalue weighted by molar-refractivity contribution is 5.97. The van der Waals surface area contributed by atoms with Crippen LogP contribution in [0, 0.1) is 0 Å². The number of phenolic OH excluding ortho intramolecular Hbond substituents is 1. The van der Waals surface area contributed by atoms with Gasteiger partial charge in [0.05, 0.1) is 25.3 Å². The van der Waals surface area contributed by atoms with Crippen molar-refractivity contribution >= 4 is 5.91 Å². The summed E-state index contributed by atoms with van der Waals surface area (Å²) < 4.78 is 15.6. The van der Waals surface area contributed by atoms with E-state index in [1.165, 1.54) is 7.11 Å². The fourth-order valence-corrected chi connectivity index (χ4v) is 2.23. The lowest BCUT2D eigenvalue weighted by Gasteiger charge is -2.31. The molecular weight excluding hydrogens is 262 g/mol. The van der Waals surface area contributed by atoms with Crippen molar-refractivity contribution in [2.24, 2.45) is 0 Å². The van der Waals surface area contributed by atoms with E-state index in [0.717, 1.165) is 0 Å². The Morgan fingerprint density at radius 3 is 2.95 bits per heavy atom. The predicted molar refractivity (Wildman–Crippen MR) is 72.1 cm³/mol. The number of hydrogen-bond donors (Lipinski definition) is 2. The summed E-state index contributed by atoms with van der Waals surface area (Å²) in [6, 6.07) is 4.67. The van der Waals surface area contributed by atoms with Gasteiger partial charge in [0.25, 0.3) is 5.91 Å². The zero-order valence-corrected chi connectivity index (χ0v) is 11.6. The number of carbonyl (C=O) groups is 1. The first-order valence-electron chi connectivity index (χ1n) is 6.44. The zero-order chi connectivity index (χ0) is 14.5. The van der Waals surface area contributed by atoms with Crippen molar-refractivity contribution in [3.8, 4) is 11.5 Å². The summed E-state index contributed by atoms with van der Waals surface area (Å²) >= 11 is 0. The Morgan fingerprint density at radius 1 is 1.45 bits per heavy atom. The Kier molecular flexibility index (Phi) is 4.81. The highest BCUT2D eigenvalue weighted by Gasteiger charge is 2.28. The Morgan fingerprint density at radius 2 is 2.25 bits per heavy atom. The predicted octanol–water partition coefficient (Wildman–Crippen LogP) is 0.934. The molecule has 0 saturated carbocycles. The maximum atomic E-state index is 12.2. The Hall–Kier alpha value is -1.79. The Balaban J connectivity index is 2.11. The molecule has 1 heterocycles. The van der Waals surface area contributed by atoms with Crippen LogP contribution in [0.3, 0.4) is 0 Å². The van der Waals surface area contributed by atoms with E-state index in [1.807, 2.05) is 0 Å². The summed E-state index contributed by atoms with van der Waals surface area (Å²) in [5, 5.41) is 12.8. The third-order valence-corrected chi connectivity index (χ3v) is 3.39. The van der Waals surface area contributed by atoms with Crippen LogP contribution >= 0.6 is 0 Å². The minimum Gasteiger partial charge on any atom is -0.504 e. The van der Waals surface area contributed by atoms with Gasteiger partial charge in [-0.25, -0.2) is 0 Å². The van der Waals surface area contributed by atoms with Crippen molar-refractivity contribution in [1.29, 1.82) is 0 Å². The van der Waals surface area contributed by atoms with Crippen LogP contribution in [0.2, 0.25) is 0 Å². The van der Waals surface area contributed by atoms with Crippen LogP contribution in [-0.2, 0) is 9.47 Å². The maximum absolute atomic E-state index is 12.2. The second kappa shape index (κ2) is 6.58. The SMILES string of the molecule is COc1cccc(C(=O)N[C@@H]2CCOC[C@H]2OC)c1O. The molecule has 1 amide bonds. The van der Waals surface area contributed by atoms with Gasteiger partial charge in [-0.2, -0.15) is 0 Å². The lowest BCUT2D eigenvalue weighted by molar-refractivity contribution is -0.0479. The van der Waals surface area contributed by atoms with Crippen molar-refractivity contribution in [3.63, 3.8) is 0 Å². The molecule has 0 aromatic heterocycles. The molecule has 0 aliphatic carbocycles. The van der Waals surface area contributed by atoms with E-state index in [1.54, 1.807) is 25.3 Å². The minimum atomic E-state index is -0.352. The van der Waals surface area contributed by atoms with Crippen LogP contribution in [0.4, 0.5) is 0 Å².